The zero-order valence-electron chi connectivity index (χ0n) is 7.11. The van der Waals surface area contributed by atoms with Gasteiger partial charge in [-0.25, -0.2) is 0 Å². The van der Waals surface area contributed by atoms with Crippen LogP contribution in [0.2, 0.25) is 0 Å². The summed E-state index contributed by atoms with van der Waals surface area (Å²) in [4.78, 5) is 0. The van der Waals surface area contributed by atoms with Gasteiger partial charge in [-0.3, -0.25) is 0 Å². The Kier molecular flexibility index (Phi) is 2.13. The lowest BCUT2D eigenvalue weighted by Gasteiger charge is -2.32. The fraction of sp³-hybridized carbons (Fsp3) is 0.455. The summed E-state index contributed by atoms with van der Waals surface area (Å²) in [5.74, 6) is 0.521. The Morgan fingerprint density at radius 2 is 1.92 bits per heavy atom. The zero-order chi connectivity index (χ0) is 8.39. The second-order valence-electron chi connectivity index (χ2n) is 3.59. The first kappa shape index (κ1) is 7.81. The molecule has 12 heavy (non-hydrogen) atoms. The van der Waals surface area contributed by atoms with Gasteiger partial charge in [0.15, 0.2) is 0 Å². The third-order valence-corrected chi connectivity index (χ3v) is 2.72. The molecule has 64 valence electrons. The van der Waals surface area contributed by atoms with Crippen molar-refractivity contribution in [2.24, 2.45) is 5.92 Å². The lowest BCUT2D eigenvalue weighted by molar-refractivity contribution is 0.0244. The number of rotatable bonds is 2. The molecule has 1 aromatic carbocycles. The average molecular weight is 162 g/mol. The van der Waals surface area contributed by atoms with Crippen molar-refractivity contribution in [3.05, 3.63) is 35.9 Å². The highest BCUT2D eigenvalue weighted by Gasteiger charge is 2.28. The Morgan fingerprint density at radius 3 is 2.42 bits per heavy atom. The molecule has 0 radical (unpaired) electrons. The summed E-state index contributed by atoms with van der Waals surface area (Å²) in [6.45, 7) is 0. The second kappa shape index (κ2) is 3.28. The van der Waals surface area contributed by atoms with Crippen molar-refractivity contribution in [1.29, 1.82) is 0 Å². The van der Waals surface area contributed by atoms with Gasteiger partial charge in [-0.1, -0.05) is 30.3 Å². The summed E-state index contributed by atoms with van der Waals surface area (Å²) in [5, 5.41) is 9.37. The van der Waals surface area contributed by atoms with Crippen LogP contribution in [0.4, 0.5) is 0 Å². The number of hydrogen-bond donors (Lipinski definition) is 1. The Bertz CT molecular complexity index is 242. The molecule has 0 saturated heterocycles. The molecule has 0 amide bonds. The van der Waals surface area contributed by atoms with Crippen molar-refractivity contribution in [2.45, 2.75) is 25.4 Å². The first-order valence-electron chi connectivity index (χ1n) is 4.58. The second-order valence-corrected chi connectivity index (χ2v) is 3.59. The maximum atomic E-state index is 9.37. The summed E-state index contributed by atoms with van der Waals surface area (Å²) in [6, 6.07) is 10.4. The maximum absolute atomic E-state index is 9.37. The predicted octanol–water partition coefficient (Wildman–Crippen LogP) is 2.00. The van der Waals surface area contributed by atoms with Gasteiger partial charge >= 0.3 is 0 Å². The molecule has 2 unspecified atom stereocenters. The van der Waals surface area contributed by atoms with Crippen molar-refractivity contribution in [1.82, 2.24) is 0 Å². The van der Waals surface area contributed by atoms with Gasteiger partial charge in [0.05, 0.1) is 6.10 Å². The number of aliphatic hydroxyl groups excluding tert-OH is 1. The fourth-order valence-corrected chi connectivity index (χ4v) is 1.71. The highest BCUT2D eigenvalue weighted by molar-refractivity contribution is 5.16. The molecule has 1 nitrogen and oxygen atoms in total. The highest BCUT2D eigenvalue weighted by Crippen LogP contribution is 2.30. The summed E-state index contributed by atoms with van der Waals surface area (Å²) < 4.78 is 0. The first-order chi connectivity index (χ1) is 5.86. The van der Waals surface area contributed by atoms with Gasteiger partial charge in [-0.2, -0.15) is 0 Å². The van der Waals surface area contributed by atoms with E-state index in [0.29, 0.717) is 5.92 Å². The normalized spacial score (nSPS) is 28.1. The van der Waals surface area contributed by atoms with Gasteiger partial charge in [0.2, 0.25) is 0 Å². The van der Waals surface area contributed by atoms with Gasteiger partial charge in [0.1, 0.15) is 0 Å². The molecule has 0 aromatic heterocycles. The maximum Gasteiger partial charge on any atom is 0.0571 e. The smallest absolute Gasteiger partial charge is 0.0571 e. The van der Waals surface area contributed by atoms with Crippen LogP contribution in [0.1, 0.15) is 18.4 Å². The van der Waals surface area contributed by atoms with Crippen LogP contribution in [0.25, 0.3) is 0 Å². The van der Waals surface area contributed by atoms with E-state index < -0.39 is 0 Å². The van der Waals surface area contributed by atoms with Crippen LogP contribution in [0.5, 0.6) is 0 Å². The molecule has 0 heterocycles. The van der Waals surface area contributed by atoms with Gasteiger partial charge < -0.3 is 5.11 Å². The summed E-state index contributed by atoms with van der Waals surface area (Å²) >= 11 is 0. The van der Waals surface area contributed by atoms with Crippen molar-refractivity contribution in [2.75, 3.05) is 0 Å². The molecule has 0 aliphatic heterocycles. The fourth-order valence-electron chi connectivity index (χ4n) is 1.71. The van der Waals surface area contributed by atoms with Crippen molar-refractivity contribution >= 4 is 0 Å². The number of benzene rings is 1. The first-order valence-corrected chi connectivity index (χ1v) is 4.58. The topological polar surface area (TPSA) is 20.2 Å². The largest absolute Gasteiger partial charge is 0.393 e. The molecule has 1 aliphatic rings. The van der Waals surface area contributed by atoms with Crippen LogP contribution < -0.4 is 0 Å². The molecule has 1 saturated carbocycles. The molecule has 1 aliphatic carbocycles. The molecule has 2 rings (SSSR count). The molecular formula is C11H14O. The molecule has 1 heteroatoms. The van der Waals surface area contributed by atoms with Crippen molar-refractivity contribution in [3.8, 4) is 0 Å². The quantitative estimate of drug-likeness (QED) is 0.705. The number of hydrogen-bond acceptors (Lipinski definition) is 1. The van der Waals surface area contributed by atoms with Gasteiger partial charge in [0, 0.05) is 0 Å². The van der Waals surface area contributed by atoms with E-state index in [0.717, 1.165) is 12.8 Å². The average Bonchev–Trinajstić information content (AvgIpc) is 2.14. The zero-order valence-corrected chi connectivity index (χ0v) is 7.11. The molecule has 0 bridgehead atoms. The van der Waals surface area contributed by atoms with Gasteiger partial charge in [-0.05, 0) is 30.7 Å². The third-order valence-electron chi connectivity index (χ3n) is 2.72. The van der Waals surface area contributed by atoms with Gasteiger partial charge in [0.25, 0.3) is 0 Å². The van der Waals surface area contributed by atoms with E-state index in [1.54, 1.807) is 0 Å². The predicted molar refractivity (Wildman–Crippen MR) is 48.9 cm³/mol. The van der Waals surface area contributed by atoms with E-state index in [1.807, 2.05) is 6.07 Å². The van der Waals surface area contributed by atoms with E-state index in [4.69, 9.17) is 0 Å². The van der Waals surface area contributed by atoms with E-state index in [2.05, 4.69) is 24.3 Å². The van der Waals surface area contributed by atoms with E-state index >= 15 is 0 Å². The van der Waals surface area contributed by atoms with E-state index in [1.165, 1.54) is 12.0 Å². The molecule has 1 N–H and O–H groups in total. The third kappa shape index (κ3) is 1.51. The van der Waals surface area contributed by atoms with Crippen LogP contribution in [-0.4, -0.2) is 11.2 Å². The van der Waals surface area contributed by atoms with Crippen LogP contribution >= 0.6 is 0 Å². The van der Waals surface area contributed by atoms with Crippen LogP contribution in [0.15, 0.2) is 30.3 Å². The molecule has 2 atom stereocenters. The van der Waals surface area contributed by atoms with E-state index in [-0.39, 0.29) is 6.10 Å². The Morgan fingerprint density at radius 1 is 1.17 bits per heavy atom. The lowest BCUT2D eigenvalue weighted by atomic mass is 9.78. The summed E-state index contributed by atoms with van der Waals surface area (Å²) in [7, 11) is 0. The van der Waals surface area contributed by atoms with Crippen molar-refractivity contribution < 1.29 is 5.11 Å². The Labute approximate surface area is 73.0 Å². The minimum atomic E-state index is -0.0368. The molecule has 1 fully saturated rings. The highest BCUT2D eigenvalue weighted by atomic mass is 16.3. The van der Waals surface area contributed by atoms with Crippen LogP contribution in [0, 0.1) is 5.92 Å². The Balaban J connectivity index is 1.95. The lowest BCUT2D eigenvalue weighted by Crippen LogP contribution is -2.32. The van der Waals surface area contributed by atoms with Crippen LogP contribution in [-0.2, 0) is 6.42 Å². The van der Waals surface area contributed by atoms with Crippen LogP contribution in [0.3, 0.4) is 0 Å². The monoisotopic (exact) mass is 162 g/mol. The minimum Gasteiger partial charge on any atom is -0.393 e. The van der Waals surface area contributed by atoms with Gasteiger partial charge in [-0.15, -0.1) is 0 Å². The van der Waals surface area contributed by atoms with Crippen molar-refractivity contribution in [3.63, 3.8) is 0 Å². The molecule has 1 aromatic rings. The molecule has 0 spiro atoms. The van der Waals surface area contributed by atoms with E-state index in [9.17, 15) is 5.11 Å². The molecular weight excluding hydrogens is 148 g/mol. The SMILES string of the molecule is OC1CCC1Cc1ccccc1. The minimum absolute atomic E-state index is 0.0368. The Hall–Kier alpha value is -0.820. The number of aliphatic hydroxyl groups is 1. The standard InChI is InChI=1S/C11H14O/c12-11-7-6-10(11)8-9-4-2-1-3-5-9/h1-5,10-12H,6-8H2. The summed E-state index contributed by atoms with van der Waals surface area (Å²) in [6.07, 6.45) is 3.19. The summed E-state index contributed by atoms with van der Waals surface area (Å²) in [5.41, 5.74) is 1.35.